The van der Waals surface area contributed by atoms with Crippen molar-refractivity contribution in [3.05, 3.63) is 65.5 Å². The van der Waals surface area contributed by atoms with Crippen molar-refractivity contribution >= 4 is 5.91 Å². The van der Waals surface area contributed by atoms with Crippen LogP contribution >= 0.6 is 0 Å². The molecule has 122 valence electrons. The van der Waals surface area contributed by atoms with Crippen LogP contribution < -0.4 is 10.1 Å². The van der Waals surface area contributed by atoms with Gasteiger partial charge in [0.1, 0.15) is 11.6 Å². The lowest BCUT2D eigenvalue weighted by atomic mass is 10.1. The summed E-state index contributed by atoms with van der Waals surface area (Å²) in [5.41, 5.74) is 2.26. The van der Waals surface area contributed by atoms with Crippen molar-refractivity contribution in [2.45, 2.75) is 13.1 Å². The number of ether oxygens (including phenoxy) is 1. The van der Waals surface area contributed by atoms with Crippen LogP contribution in [0.3, 0.4) is 0 Å². The lowest BCUT2D eigenvalue weighted by Gasteiger charge is -2.11. The molecule has 2 aromatic carbocycles. The molecule has 23 heavy (non-hydrogen) atoms. The van der Waals surface area contributed by atoms with E-state index in [2.05, 4.69) is 22.3 Å². The van der Waals surface area contributed by atoms with E-state index in [-0.39, 0.29) is 18.3 Å². The number of carbonyl (C=O) groups excluding carboxylic acids is 1. The molecule has 0 aliphatic heterocycles. The number of rotatable bonds is 7. The molecule has 1 N–H and O–H groups in total. The predicted molar refractivity (Wildman–Crippen MR) is 87.6 cm³/mol. The molecule has 0 aromatic heterocycles. The summed E-state index contributed by atoms with van der Waals surface area (Å²) in [6.45, 7) is 1.25. The van der Waals surface area contributed by atoms with Crippen LogP contribution in [0.4, 0.5) is 4.39 Å². The van der Waals surface area contributed by atoms with E-state index < -0.39 is 0 Å². The summed E-state index contributed by atoms with van der Waals surface area (Å²) >= 11 is 0. The number of carbonyl (C=O) groups is 1. The largest absolute Gasteiger partial charge is 0.484 e. The third kappa shape index (κ3) is 6.08. The van der Waals surface area contributed by atoms with Crippen molar-refractivity contribution < 1.29 is 13.9 Å². The molecule has 0 saturated carbocycles. The molecule has 0 spiro atoms. The van der Waals surface area contributed by atoms with Gasteiger partial charge in [-0.25, -0.2) is 4.39 Å². The minimum absolute atomic E-state index is 0.0929. The standard InChI is InChI=1S/C18H21FN2O2/c1-21(2)12-15-5-3-14(4-6-15)11-20-18(22)13-23-17-9-7-16(19)8-10-17/h3-10H,11-13H2,1-2H3,(H,20,22). The number of halogens is 1. The molecular weight excluding hydrogens is 295 g/mol. The van der Waals surface area contributed by atoms with Crippen LogP contribution in [0.5, 0.6) is 5.75 Å². The van der Waals surface area contributed by atoms with E-state index in [1.54, 1.807) is 0 Å². The highest BCUT2D eigenvalue weighted by atomic mass is 19.1. The van der Waals surface area contributed by atoms with E-state index in [1.807, 2.05) is 26.2 Å². The Bertz CT molecular complexity index is 624. The number of nitrogens with zero attached hydrogens (tertiary/aromatic N) is 1. The van der Waals surface area contributed by atoms with E-state index in [0.29, 0.717) is 12.3 Å². The normalized spacial score (nSPS) is 10.6. The first-order valence-electron chi connectivity index (χ1n) is 7.40. The molecule has 0 fully saturated rings. The van der Waals surface area contributed by atoms with Gasteiger partial charge in [-0.2, -0.15) is 0 Å². The second-order valence-corrected chi connectivity index (χ2v) is 5.57. The average molecular weight is 316 g/mol. The summed E-state index contributed by atoms with van der Waals surface area (Å²) in [6, 6.07) is 13.7. The maximum Gasteiger partial charge on any atom is 0.258 e. The molecule has 0 heterocycles. The first-order chi connectivity index (χ1) is 11.0. The molecule has 0 unspecified atom stereocenters. The number of hydrogen-bond acceptors (Lipinski definition) is 3. The van der Waals surface area contributed by atoms with Crippen molar-refractivity contribution in [1.29, 1.82) is 0 Å². The van der Waals surface area contributed by atoms with Gasteiger partial charge in [0, 0.05) is 13.1 Å². The monoisotopic (exact) mass is 316 g/mol. The zero-order valence-corrected chi connectivity index (χ0v) is 13.4. The second-order valence-electron chi connectivity index (χ2n) is 5.57. The summed E-state index contributed by atoms with van der Waals surface area (Å²) in [6.07, 6.45) is 0. The number of benzene rings is 2. The first kappa shape index (κ1) is 17.0. The molecule has 4 nitrogen and oxygen atoms in total. The summed E-state index contributed by atoms with van der Waals surface area (Å²) < 4.78 is 18.0. The van der Waals surface area contributed by atoms with Crippen LogP contribution in [0.2, 0.25) is 0 Å². The molecule has 0 aliphatic carbocycles. The maximum atomic E-state index is 12.8. The smallest absolute Gasteiger partial charge is 0.258 e. The zero-order chi connectivity index (χ0) is 16.7. The predicted octanol–water partition coefficient (Wildman–Crippen LogP) is 2.58. The quantitative estimate of drug-likeness (QED) is 0.854. The summed E-state index contributed by atoms with van der Waals surface area (Å²) in [5, 5.41) is 2.79. The number of hydrogen-bond donors (Lipinski definition) is 1. The fraction of sp³-hybridized carbons (Fsp3) is 0.278. The first-order valence-corrected chi connectivity index (χ1v) is 7.40. The highest BCUT2D eigenvalue weighted by Gasteiger charge is 2.03. The van der Waals surface area contributed by atoms with Crippen molar-refractivity contribution in [2.24, 2.45) is 0 Å². The molecule has 2 rings (SSSR count). The minimum atomic E-state index is -0.334. The molecule has 2 aromatic rings. The van der Waals surface area contributed by atoms with E-state index in [1.165, 1.54) is 29.8 Å². The fourth-order valence-corrected chi connectivity index (χ4v) is 2.06. The van der Waals surface area contributed by atoms with E-state index in [4.69, 9.17) is 4.74 Å². The van der Waals surface area contributed by atoms with Crippen molar-refractivity contribution in [3.63, 3.8) is 0 Å². The molecule has 1 amide bonds. The molecule has 0 bridgehead atoms. The Morgan fingerprint density at radius 2 is 1.65 bits per heavy atom. The van der Waals surface area contributed by atoms with Crippen LogP contribution in [0.25, 0.3) is 0 Å². The molecule has 0 aliphatic rings. The highest BCUT2D eigenvalue weighted by Crippen LogP contribution is 2.10. The fourth-order valence-electron chi connectivity index (χ4n) is 2.06. The van der Waals surface area contributed by atoms with Gasteiger partial charge in [-0.3, -0.25) is 4.79 Å². The Morgan fingerprint density at radius 3 is 2.26 bits per heavy atom. The van der Waals surface area contributed by atoms with Gasteiger partial charge in [-0.1, -0.05) is 24.3 Å². The van der Waals surface area contributed by atoms with Gasteiger partial charge in [0.25, 0.3) is 5.91 Å². The SMILES string of the molecule is CN(C)Cc1ccc(CNC(=O)COc2ccc(F)cc2)cc1. The van der Waals surface area contributed by atoms with Crippen LogP contribution in [0.1, 0.15) is 11.1 Å². The van der Waals surface area contributed by atoms with E-state index >= 15 is 0 Å². The molecule has 0 radical (unpaired) electrons. The van der Waals surface area contributed by atoms with Crippen LogP contribution in [0.15, 0.2) is 48.5 Å². The van der Waals surface area contributed by atoms with Crippen LogP contribution in [-0.2, 0) is 17.9 Å². The minimum Gasteiger partial charge on any atom is -0.484 e. The van der Waals surface area contributed by atoms with Crippen LogP contribution in [0, 0.1) is 5.82 Å². The zero-order valence-electron chi connectivity index (χ0n) is 13.4. The third-order valence-corrected chi connectivity index (χ3v) is 3.20. The summed E-state index contributed by atoms with van der Waals surface area (Å²) in [5.74, 6) is -0.0826. The Balaban J connectivity index is 1.74. The molecule has 0 saturated heterocycles. The topological polar surface area (TPSA) is 41.6 Å². The van der Waals surface area contributed by atoms with Gasteiger partial charge in [0.05, 0.1) is 0 Å². The molecular formula is C18H21FN2O2. The highest BCUT2D eigenvalue weighted by molar-refractivity contribution is 5.77. The maximum absolute atomic E-state index is 12.8. The lowest BCUT2D eigenvalue weighted by Crippen LogP contribution is -2.28. The average Bonchev–Trinajstić information content (AvgIpc) is 2.53. The third-order valence-electron chi connectivity index (χ3n) is 3.20. The number of amides is 1. The van der Waals surface area contributed by atoms with Gasteiger partial charge in [-0.15, -0.1) is 0 Å². The van der Waals surface area contributed by atoms with Crippen LogP contribution in [-0.4, -0.2) is 31.5 Å². The second kappa shape index (κ2) is 8.29. The lowest BCUT2D eigenvalue weighted by molar-refractivity contribution is -0.123. The van der Waals surface area contributed by atoms with Crippen molar-refractivity contribution in [2.75, 3.05) is 20.7 Å². The van der Waals surface area contributed by atoms with Gasteiger partial charge in [-0.05, 0) is 49.5 Å². The van der Waals surface area contributed by atoms with Gasteiger partial charge < -0.3 is 15.0 Å². The molecule has 0 atom stereocenters. The van der Waals surface area contributed by atoms with Crippen molar-refractivity contribution in [3.8, 4) is 5.75 Å². The number of nitrogens with one attached hydrogen (secondary N) is 1. The Labute approximate surface area is 135 Å². The van der Waals surface area contributed by atoms with Gasteiger partial charge >= 0.3 is 0 Å². The Hall–Kier alpha value is -2.40. The Morgan fingerprint density at radius 1 is 1.04 bits per heavy atom. The van der Waals surface area contributed by atoms with Gasteiger partial charge in [0.15, 0.2) is 6.61 Å². The van der Waals surface area contributed by atoms with Gasteiger partial charge in [0.2, 0.25) is 0 Å². The summed E-state index contributed by atoms with van der Waals surface area (Å²) in [4.78, 5) is 13.9. The van der Waals surface area contributed by atoms with E-state index in [9.17, 15) is 9.18 Å². The Kier molecular flexibility index (Phi) is 6.11. The van der Waals surface area contributed by atoms with Crippen molar-refractivity contribution in [1.82, 2.24) is 10.2 Å². The van der Waals surface area contributed by atoms with E-state index in [0.717, 1.165) is 12.1 Å². The molecule has 5 heteroatoms. The summed E-state index contributed by atoms with van der Waals surface area (Å²) in [7, 11) is 4.05.